The quantitative estimate of drug-likeness (QED) is 0.197. The Morgan fingerprint density at radius 1 is 1.27 bits per heavy atom. The van der Waals surface area contributed by atoms with Gasteiger partial charge in [-0.3, -0.25) is 9.36 Å². The number of aromatic nitrogens is 1. The van der Waals surface area contributed by atoms with Crippen LogP contribution in [0.3, 0.4) is 0 Å². The summed E-state index contributed by atoms with van der Waals surface area (Å²) in [6, 6.07) is 10.5. The van der Waals surface area contributed by atoms with Crippen LogP contribution in [0.15, 0.2) is 62.4 Å². The van der Waals surface area contributed by atoms with Crippen LogP contribution in [0.1, 0.15) is 44.9 Å². The lowest BCUT2D eigenvalue weighted by Crippen LogP contribution is -2.40. The van der Waals surface area contributed by atoms with Crippen molar-refractivity contribution in [2.75, 3.05) is 19.5 Å². The number of hydrogen-bond donors (Lipinski definition) is 0. The van der Waals surface area contributed by atoms with Crippen molar-refractivity contribution in [1.82, 2.24) is 4.57 Å². The van der Waals surface area contributed by atoms with Gasteiger partial charge in [-0.05, 0) is 75.4 Å². The number of fused-ring (bicyclic) bond motifs is 1. The minimum absolute atomic E-state index is 0.0383. The molecule has 208 valence electrons. The lowest BCUT2D eigenvalue weighted by Gasteiger charge is -2.25. The molecule has 0 radical (unpaired) electrons. The van der Waals surface area contributed by atoms with Crippen LogP contribution in [0, 0.1) is 12.3 Å². The minimum atomic E-state index is -0.692. The molecule has 10 heteroatoms. The van der Waals surface area contributed by atoms with Crippen molar-refractivity contribution in [3.8, 4) is 23.8 Å². The SMILES string of the molecule is C#CCOc1c(Cl)cc(/C=c2\sc3n(c2=O)[C@@H](c2ccc(SC)cc2)C(C(=O)OC(C)C)=C(C)N=3)cc1OCC. The van der Waals surface area contributed by atoms with E-state index in [-0.39, 0.29) is 18.3 Å². The van der Waals surface area contributed by atoms with Gasteiger partial charge in [0.15, 0.2) is 16.3 Å². The van der Waals surface area contributed by atoms with Gasteiger partial charge in [-0.1, -0.05) is 41.0 Å². The van der Waals surface area contributed by atoms with Crippen molar-refractivity contribution in [3.63, 3.8) is 0 Å². The molecular weight excluding hydrogens is 568 g/mol. The number of allylic oxidation sites excluding steroid dienone is 1. The predicted octanol–water partition coefficient (Wildman–Crippen LogP) is 4.97. The second kappa shape index (κ2) is 12.8. The maximum absolute atomic E-state index is 13.9. The molecule has 1 aromatic heterocycles. The molecular formula is C30H29ClN2O5S2. The number of carbonyl (C=O) groups is 1. The van der Waals surface area contributed by atoms with Gasteiger partial charge in [0.1, 0.15) is 6.61 Å². The highest BCUT2D eigenvalue weighted by atomic mass is 35.5. The summed E-state index contributed by atoms with van der Waals surface area (Å²) in [6.45, 7) is 7.61. The zero-order valence-electron chi connectivity index (χ0n) is 22.8. The number of esters is 1. The zero-order valence-corrected chi connectivity index (χ0v) is 25.2. The summed E-state index contributed by atoms with van der Waals surface area (Å²) in [5, 5.41) is 0.307. The third-order valence-corrected chi connectivity index (χ3v) is 7.95. The van der Waals surface area contributed by atoms with E-state index in [9.17, 15) is 9.59 Å². The molecule has 1 atom stereocenters. The van der Waals surface area contributed by atoms with Crippen molar-refractivity contribution in [3.05, 3.63) is 83.5 Å². The summed E-state index contributed by atoms with van der Waals surface area (Å²) < 4.78 is 18.9. The molecule has 0 saturated carbocycles. The van der Waals surface area contributed by atoms with E-state index >= 15 is 0 Å². The van der Waals surface area contributed by atoms with Gasteiger partial charge in [0.2, 0.25) is 0 Å². The second-order valence-electron chi connectivity index (χ2n) is 9.06. The fraction of sp³-hybridized carbons (Fsp3) is 0.300. The Balaban J connectivity index is 1.90. The Bertz CT molecular complexity index is 1680. The van der Waals surface area contributed by atoms with Crippen molar-refractivity contribution < 1.29 is 19.0 Å². The first-order valence-corrected chi connectivity index (χ1v) is 15.0. The van der Waals surface area contributed by atoms with Gasteiger partial charge in [0, 0.05) is 4.90 Å². The maximum Gasteiger partial charge on any atom is 0.338 e. The van der Waals surface area contributed by atoms with Crippen molar-refractivity contribution in [2.45, 2.75) is 44.7 Å². The molecule has 0 fully saturated rings. The molecule has 0 spiro atoms. The van der Waals surface area contributed by atoms with E-state index in [0.29, 0.717) is 49.3 Å². The van der Waals surface area contributed by atoms with Crippen LogP contribution in [0.25, 0.3) is 6.08 Å². The molecule has 0 unspecified atom stereocenters. The summed E-state index contributed by atoms with van der Waals surface area (Å²) >= 11 is 9.35. The molecule has 2 aromatic carbocycles. The van der Waals surface area contributed by atoms with E-state index in [4.69, 9.17) is 32.2 Å². The van der Waals surface area contributed by atoms with E-state index in [1.165, 1.54) is 11.3 Å². The maximum atomic E-state index is 13.9. The van der Waals surface area contributed by atoms with Crippen molar-refractivity contribution in [2.24, 2.45) is 4.99 Å². The average molecular weight is 597 g/mol. The normalized spacial score (nSPS) is 14.9. The largest absolute Gasteiger partial charge is 0.490 e. The van der Waals surface area contributed by atoms with Gasteiger partial charge in [-0.25, -0.2) is 9.79 Å². The second-order valence-corrected chi connectivity index (χ2v) is 11.4. The summed E-state index contributed by atoms with van der Waals surface area (Å²) in [4.78, 5) is 33.4. The van der Waals surface area contributed by atoms with Crippen LogP contribution in [0.2, 0.25) is 5.02 Å². The number of benzene rings is 2. The molecule has 1 aliphatic rings. The van der Waals surface area contributed by atoms with Gasteiger partial charge in [-0.2, -0.15) is 0 Å². The first-order chi connectivity index (χ1) is 19.2. The average Bonchev–Trinajstić information content (AvgIpc) is 3.21. The molecule has 0 amide bonds. The lowest BCUT2D eigenvalue weighted by molar-refractivity contribution is -0.143. The van der Waals surface area contributed by atoms with Gasteiger partial charge in [-0.15, -0.1) is 18.2 Å². The molecule has 7 nitrogen and oxygen atoms in total. The molecule has 0 bridgehead atoms. The van der Waals surface area contributed by atoms with E-state index in [1.807, 2.05) is 37.4 Å². The van der Waals surface area contributed by atoms with Crippen LogP contribution >= 0.6 is 34.7 Å². The number of thioether (sulfide) groups is 1. The Hall–Kier alpha value is -3.45. The lowest BCUT2D eigenvalue weighted by atomic mass is 9.96. The minimum Gasteiger partial charge on any atom is -0.490 e. The number of thiazole rings is 1. The highest BCUT2D eigenvalue weighted by Crippen LogP contribution is 2.37. The summed E-state index contributed by atoms with van der Waals surface area (Å²) in [7, 11) is 0. The number of carbonyl (C=O) groups excluding carboxylic acids is 1. The smallest absolute Gasteiger partial charge is 0.338 e. The van der Waals surface area contributed by atoms with Crippen LogP contribution in [0.4, 0.5) is 0 Å². The molecule has 0 N–H and O–H groups in total. The fourth-order valence-corrected chi connectivity index (χ4v) is 6.03. The Kier molecular flexibility index (Phi) is 9.46. The number of terminal acetylenes is 1. The molecule has 3 aromatic rings. The van der Waals surface area contributed by atoms with E-state index in [1.54, 1.807) is 55.3 Å². The van der Waals surface area contributed by atoms with Gasteiger partial charge < -0.3 is 14.2 Å². The molecule has 40 heavy (non-hydrogen) atoms. The zero-order chi connectivity index (χ0) is 29.0. The first-order valence-electron chi connectivity index (χ1n) is 12.6. The third-order valence-electron chi connectivity index (χ3n) is 5.95. The summed E-state index contributed by atoms with van der Waals surface area (Å²) in [5.74, 6) is 2.68. The molecule has 0 saturated heterocycles. The van der Waals surface area contributed by atoms with E-state index in [0.717, 1.165) is 10.5 Å². The standard InChI is InChI=1S/C30H29ClN2O5S2/c1-7-13-37-27-22(31)14-19(15-23(27)36-8-2)16-24-28(34)33-26(20-9-11-21(39-6)12-10-20)25(29(35)38-17(3)4)18(5)32-30(33)40-24/h1,9-12,14-17,26H,8,13H2,2-6H3/b24-16-/t26-/m0/s1. The number of rotatable bonds is 9. The Labute approximate surface area is 246 Å². The topological polar surface area (TPSA) is 79.1 Å². The van der Waals surface area contributed by atoms with Gasteiger partial charge >= 0.3 is 5.97 Å². The summed E-state index contributed by atoms with van der Waals surface area (Å²) in [5.41, 5.74) is 1.98. The third kappa shape index (κ3) is 6.15. The first kappa shape index (κ1) is 29.5. The number of nitrogens with zero attached hydrogens (tertiary/aromatic N) is 2. The van der Waals surface area contributed by atoms with Crippen LogP contribution in [-0.4, -0.2) is 36.1 Å². The van der Waals surface area contributed by atoms with Crippen LogP contribution in [-0.2, 0) is 9.53 Å². The number of ether oxygens (including phenoxy) is 3. The van der Waals surface area contributed by atoms with Gasteiger partial charge in [0.05, 0.1) is 39.6 Å². The van der Waals surface area contributed by atoms with Crippen LogP contribution < -0.4 is 24.4 Å². The van der Waals surface area contributed by atoms with E-state index < -0.39 is 12.0 Å². The molecule has 4 rings (SSSR count). The van der Waals surface area contributed by atoms with E-state index in [2.05, 4.69) is 10.9 Å². The van der Waals surface area contributed by atoms with Crippen molar-refractivity contribution >= 4 is 46.7 Å². The number of hydrogen-bond acceptors (Lipinski definition) is 8. The van der Waals surface area contributed by atoms with Crippen molar-refractivity contribution in [1.29, 1.82) is 0 Å². The fourth-order valence-electron chi connectivity index (χ4n) is 4.30. The van der Waals surface area contributed by atoms with Crippen LogP contribution in [0.5, 0.6) is 11.5 Å². The monoisotopic (exact) mass is 596 g/mol. The van der Waals surface area contributed by atoms with Gasteiger partial charge in [0.25, 0.3) is 5.56 Å². The number of halogens is 1. The highest BCUT2D eigenvalue weighted by molar-refractivity contribution is 7.98. The molecule has 0 aliphatic carbocycles. The summed E-state index contributed by atoms with van der Waals surface area (Å²) in [6.07, 6.45) is 8.72. The molecule has 1 aliphatic heterocycles. The Morgan fingerprint density at radius 2 is 2.00 bits per heavy atom. The Morgan fingerprint density at radius 3 is 2.62 bits per heavy atom. The predicted molar refractivity (Wildman–Crippen MR) is 160 cm³/mol. The molecule has 2 heterocycles. The highest BCUT2D eigenvalue weighted by Gasteiger charge is 2.33.